The van der Waals surface area contributed by atoms with Crippen LogP contribution in [0.4, 0.5) is 0 Å². The molecule has 0 amide bonds. The number of nitrogens with zero attached hydrogens (tertiary/aromatic N) is 1. The number of aliphatic imine (C=N–C) groups is 1. The van der Waals surface area contributed by atoms with E-state index >= 15 is 0 Å². The molecule has 0 heterocycles. The maximum atomic E-state index is 5.55. The van der Waals surface area contributed by atoms with Crippen LogP contribution in [0.25, 0.3) is 10.8 Å². The van der Waals surface area contributed by atoms with Gasteiger partial charge in [0.15, 0.2) is 5.96 Å². The van der Waals surface area contributed by atoms with Gasteiger partial charge in [-0.05, 0) is 22.9 Å². The highest BCUT2D eigenvalue weighted by Crippen LogP contribution is 2.20. The Bertz CT molecular complexity index is 533. The Hall–Kier alpha value is -2.23. The lowest BCUT2D eigenvalue weighted by Gasteiger charge is -2.05. The zero-order valence-electron chi connectivity index (χ0n) is 9.47. The quantitative estimate of drug-likeness (QED) is 0.474. The summed E-state index contributed by atoms with van der Waals surface area (Å²) >= 11 is 0. The lowest BCUT2D eigenvalue weighted by molar-refractivity contribution is 0.329. The normalized spacial score (nSPS) is 10.1. The van der Waals surface area contributed by atoms with Gasteiger partial charge in [0.2, 0.25) is 0 Å². The summed E-state index contributed by atoms with van der Waals surface area (Å²) in [5.41, 5.74) is 10.4. The van der Waals surface area contributed by atoms with Crippen LogP contribution in [0.1, 0.15) is 0 Å². The Labute approximate surface area is 99.9 Å². The standard InChI is InChI=1S/C13H15N3O/c14-13(15)16-7-8-17-12-6-5-10-3-1-2-4-11(10)9-12/h1-6,9H,7-8H2,(H4,14,15,16). The van der Waals surface area contributed by atoms with Gasteiger partial charge in [0, 0.05) is 0 Å². The van der Waals surface area contributed by atoms with Crippen LogP contribution in [0.2, 0.25) is 0 Å². The van der Waals surface area contributed by atoms with E-state index in [9.17, 15) is 0 Å². The molecule has 0 saturated heterocycles. The van der Waals surface area contributed by atoms with Crippen molar-refractivity contribution in [3.63, 3.8) is 0 Å². The van der Waals surface area contributed by atoms with Gasteiger partial charge >= 0.3 is 0 Å². The van der Waals surface area contributed by atoms with Crippen molar-refractivity contribution in [1.29, 1.82) is 0 Å². The molecule has 0 saturated carbocycles. The molecular weight excluding hydrogens is 214 g/mol. The topological polar surface area (TPSA) is 73.6 Å². The molecule has 0 atom stereocenters. The third-order valence-electron chi connectivity index (χ3n) is 2.38. The monoisotopic (exact) mass is 229 g/mol. The van der Waals surface area contributed by atoms with E-state index in [0.29, 0.717) is 13.2 Å². The average Bonchev–Trinajstić information content (AvgIpc) is 2.34. The molecule has 0 radical (unpaired) electrons. The fourth-order valence-corrected chi connectivity index (χ4v) is 1.60. The number of rotatable bonds is 4. The van der Waals surface area contributed by atoms with Gasteiger partial charge in [0.1, 0.15) is 12.4 Å². The predicted octanol–water partition coefficient (Wildman–Crippen LogP) is 1.49. The second kappa shape index (κ2) is 5.21. The molecule has 4 nitrogen and oxygen atoms in total. The van der Waals surface area contributed by atoms with E-state index in [-0.39, 0.29) is 5.96 Å². The summed E-state index contributed by atoms with van der Waals surface area (Å²) < 4.78 is 5.55. The SMILES string of the molecule is NC(N)=NCCOc1ccc2ccccc2c1. The predicted molar refractivity (Wildman–Crippen MR) is 70.1 cm³/mol. The number of benzene rings is 2. The highest BCUT2D eigenvalue weighted by molar-refractivity contribution is 5.83. The Morgan fingerprint density at radius 3 is 2.59 bits per heavy atom. The number of guanidine groups is 1. The molecule has 4 N–H and O–H groups in total. The van der Waals surface area contributed by atoms with Crippen molar-refractivity contribution in [3.8, 4) is 5.75 Å². The van der Waals surface area contributed by atoms with Gasteiger partial charge in [0.25, 0.3) is 0 Å². The second-order valence-electron chi connectivity index (χ2n) is 3.66. The molecule has 17 heavy (non-hydrogen) atoms. The first-order chi connectivity index (χ1) is 8.25. The van der Waals surface area contributed by atoms with Crippen molar-refractivity contribution >= 4 is 16.7 Å². The van der Waals surface area contributed by atoms with Crippen LogP contribution in [-0.2, 0) is 0 Å². The summed E-state index contributed by atoms with van der Waals surface area (Å²) in [7, 11) is 0. The van der Waals surface area contributed by atoms with E-state index in [0.717, 1.165) is 11.1 Å². The van der Waals surface area contributed by atoms with Crippen LogP contribution in [-0.4, -0.2) is 19.1 Å². The minimum Gasteiger partial charge on any atom is -0.492 e. The largest absolute Gasteiger partial charge is 0.492 e. The molecule has 0 spiro atoms. The molecule has 0 aliphatic carbocycles. The first kappa shape index (κ1) is 11.3. The van der Waals surface area contributed by atoms with Crippen LogP contribution in [0.5, 0.6) is 5.75 Å². The molecule has 2 rings (SSSR count). The minimum atomic E-state index is 0.0899. The Balaban J connectivity index is 2.02. The van der Waals surface area contributed by atoms with E-state index in [1.165, 1.54) is 5.39 Å². The van der Waals surface area contributed by atoms with E-state index < -0.39 is 0 Å². The first-order valence-electron chi connectivity index (χ1n) is 5.43. The maximum absolute atomic E-state index is 5.55. The van der Waals surface area contributed by atoms with Crippen molar-refractivity contribution in [2.45, 2.75) is 0 Å². The Morgan fingerprint density at radius 2 is 1.82 bits per heavy atom. The summed E-state index contributed by atoms with van der Waals surface area (Å²) in [5.74, 6) is 0.918. The van der Waals surface area contributed by atoms with Crippen molar-refractivity contribution < 1.29 is 4.74 Å². The second-order valence-corrected chi connectivity index (χ2v) is 3.66. The number of hydrogen-bond acceptors (Lipinski definition) is 2. The number of hydrogen-bond donors (Lipinski definition) is 2. The fraction of sp³-hybridized carbons (Fsp3) is 0.154. The Morgan fingerprint density at radius 1 is 1.06 bits per heavy atom. The molecule has 2 aromatic carbocycles. The Kier molecular flexibility index (Phi) is 3.45. The number of ether oxygens (including phenoxy) is 1. The summed E-state index contributed by atoms with van der Waals surface area (Å²) in [6.07, 6.45) is 0. The molecule has 2 aromatic rings. The van der Waals surface area contributed by atoms with Gasteiger partial charge in [-0.1, -0.05) is 30.3 Å². The van der Waals surface area contributed by atoms with Crippen molar-refractivity contribution in [2.24, 2.45) is 16.5 Å². The highest BCUT2D eigenvalue weighted by Gasteiger charge is 1.96. The van der Waals surface area contributed by atoms with Gasteiger partial charge in [-0.2, -0.15) is 0 Å². The summed E-state index contributed by atoms with van der Waals surface area (Å²) in [6.45, 7) is 0.936. The fourth-order valence-electron chi connectivity index (χ4n) is 1.60. The zero-order valence-corrected chi connectivity index (χ0v) is 9.47. The highest BCUT2D eigenvalue weighted by atomic mass is 16.5. The van der Waals surface area contributed by atoms with E-state index in [1.807, 2.05) is 30.3 Å². The van der Waals surface area contributed by atoms with Crippen molar-refractivity contribution in [1.82, 2.24) is 0 Å². The molecule has 0 aliphatic rings. The van der Waals surface area contributed by atoms with Crippen molar-refractivity contribution in [3.05, 3.63) is 42.5 Å². The lowest BCUT2D eigenvalue weighted by Crippen LogP contribution is -2.23. The average molecular weight is 229 g/mol. The molecule has 0 bridgehead atoms. The van der Waals surface area contributed by atoms with Crippen LogP contribution >= 0.6 is 0 Å². The first-order valence-corrected chi connectivity index (χ1v) is 5.43. The van der Waals surface area contributed by atoms with Crippen LogP contribution in [0.15, 0.2) is 47.5 Å². The molecule has 0 unspecified atom stereocenters. The lowest BCUT2D eigenvalue weighted by atomic mass is 10.1. The van der Waals surface area contributed by atoms with E-state index in [4.69, 9.17) is 16.2 Å². The molecule has 0 aromatic heterocycles. The van der Waals surface area contributed by atoms with Gasteiger partial charge in [-0.15, -0.1) is 0 Å². The summed E-state index contributed by atoms with van der Waals surface area (Å²) in [5, 5.41) is 2.36. The van der Waals surface area contributed by atoms with Crippen LogP contribution in [0.3, 0.4) is 0 Å². The third-order valence-corrected chi connectivity index (χ3v) is 2.38. The summed E-state index contributed by atoms with van der Waals surface area (Å²) in [6, 6.07) is 14.1. The van der Waals surface area contributed by atoms with Gasteiger partial charge in [-0.3, -0.25) is 4.99 Å². The maximum Gasteiger partial charge on any atom is 0.186 e. The number of nitrogens with two attached hydrogens (primary N) is 2. The zero-order chi connectivity index (χ0) is 12.1. The van der Waals surface area contributed by atoms with Gasteiger partial charge in [0.05, 0.1) is 6.54 Å². The van der Waals surface area contributed by atoms with Gasteiger partial charge < -0.3 is 16.2 Å². The smallest absolute Gasteiger partial charge is 0.186 e. The van der Waals surface area contributed by atoms with Gasteiger partial charge in [-0.25, -0.2) is 0 Å². The summed E-state index contributed by atoms with van der Waals surface area (Å²) in [4.78, 5) is 3.85. The van der Waals surface area contributed by atoms with E-state index in [1.54, 1.807) is 0 Å². The molecule has 88 valence electrons. The van der Waals surface area contributed by atoms with Crippen molar-refractivity contribution in [2.75, 3.05) is 13.2 Å². The number of fused-ring (bicyclic) bond motifs is 1. The molecule has 0 aliphatic heterocycles. The molecule has 0 fully saturated rings. The molecular formula is C13H15N3O. The minimum absolute atomic E-state index is 0.0899. The molecule has 4 heteroatoms. The van der Waals surface area contributed by atoms with Crippen LogP contribution in [0, 0.1) is 0 Å². The van der Waals surface area contributed by atoms with E-state index in [2.05, 4.69) is 17.1 Å². The third kappa shape index (κ3) is 3.11. The van der Waals surface area contributed by atoms with Crippen LogP contribution < -0.4 is 16.2 Å².